The summed E-state index contributed by atoms with van der Waals surface area (Å²) >= 11 is 0. The second-order valence-electron chi connectivity index (χ2n) is 11.7. The number of nitrogens with zero attached hydrogens (tertiary/aromatic N) is 2. The molecule has 3 aromatic heterocycles. The smallest absolute Gasteiger partial charge is 0.303 e. The number of nitrogens with one attached hydrogen (secondary N) is 2. The van der Waals surface area contributed by atoms with E-state index in [2.05, 4.69) is 9.97 Å². The Labute approximate surface area is 276 Å². The molecule has 10 nitrogen and oxygen atoms in total. The Morgan fingerprint density at radius 2 is 1.02 bits per heavy atom. The standard InChI is InChI=1S/C34H38N4O6.Ag/c1-15-21(7-9-31(41)42)27-14-28-22(8-10-32(43)44)16(2)24(36-28)12-29-34(20(6)40)18(4)26(38-29)13-30-33(19(5)39)17(3)25(37-30)11-23(15)35-27;/h11-14,19-20,37-40H,7-10H2,1-6H3,(H,41,42)(H,43,44);. The number of hydrogen-bond acceptors (Lipinski definition) is 6. The molecule has 6 N–H and O–H groups in total. The van der Waals surface area contributed by atoms with Gasteiger partial charge in [0.25, 0.3) is 0 Å². The van der Waals surface area contributed by atoms with E-state index in [0.29, 0.717) is 39.4 Å². The van der Waals surface area contributed by atoms with Gasteiger partial charge in [0.05, 0.1) is 35.0 Å². The van der Waals surface area contributed by atoms with E-state index in [1.54, 1.807) is 13.8 Å². The van der Waals surface area contributed by atoms with E-state index in [1.165, 1.54) is 0 Å². The topological polar surface area (TPSA) is 172 Å². The molecular weight excluding hydrogens is 668 g/mol. The van der Waals surface area contributed by atoms with E-state index in [9.17, 15) is 30.0 Å². The zero-order chi connectivity index (χ0) is 32.0. The summed E-state index contributed by atoms with van der Waals surface area (Å²) in [7, 11) is 0. The maximum absolute atomic E-state index is 11.6. The van der Waals surface area contributed by atoms with Gasteiger partial charge < -0.3 is 30.4 Å². The number of H-pyrrole nitrogens is 2. The zero-order valence-electron chi connectivity index (χ0n) is 26.1. The number of carbonyl (C=O) groups is 2. The Hall–Kier alpha value is -3.80. The average molecular weight is 707 g/mol. The van der Waals surface area contributed by atoms with Gasteiger partial charge in [-0.25, -0.2) is 9.97 Å². The molecule has 241 valence electrons. The van der Waals surface area contributed by atoms with Gasteiger partial charge in [-0.05, 0) is 112 Å². The summed E-state index contributed by atoms with van der Waals surface area (Å²) in [6.07, 6.45) is -1.18. The number of aryl methyl sites for hydroxylation is 2. The van der Waals surface area contributed by atoms with Crippen LogP contribution in [0.5, 0.6) is 0 Å². The molecule has 3 aromatic rings. The maximum Gasteiger partial charge on any atom is 0.303 e. The number of carboxylic acid groups (broad SMARTS) is 2. The number of allylic oxidation sites excluding steroid dienone is 4. The molecule has 0 amide bonds. The maximum atomic E-state index is 11.6. The first-order valence-corrected chi connectivity index (χ1v) is 14.7. The Morgan fingerprint density at radius 1 is 0.644 bits per heavy atom. The average Bonchev–Trinajstić information content (AvgIpc) is 3.59. The fourth-order valence-corrected chi connectivity index (χ4v) is 6.32. The van der Waals surface area contributed by atoms with E-state index in [4.69, 9.17) is 9.97 Å². The van der Waals surface area contributed by atoms with Gasteiger partial charge in [0.2, 0.25) is 0 Å². The summed E-state index contributed by atoms with van der Waals surface area (Å²) in [4.78, 5) is 39.8. The summed E-state index contributed by atoms with van der Waals surface area (Å²) in [5, 5.41) is 40.5. The molecular formula is C34H38AgN4O6. The summed E-state index contributed by atoms with van der Waals surface area (Å²) in [5.74, 6) is -1.84. The first kappa shape index (κ1) is 34.1. The molecule has 2 aliphatic rings. The van der Waals surface area contributed by atoms with Crippen LogP contribution in [0.3, 0.4) is 0 Å². The number of fused-ring (bicyclic) bond motifs is 8. The minimum absolute atomic E-state index is 0. The fraction of sp³-hybridized carbons (Fsp3) is 0.353. The second-order valence-corrected chi connectivity index (χ2v) is 11.7. The molecule has 1 radical (unpaired) electrons. The largest absolute Gasteiger partial charge is 0.481 e. The number of aromatic amines is 2. The molecule has 0 aromatic carbocycles. The van der Waals surface area contributed by atoms with Gasteiger partial charge >= 0.3 is 11.9 Å². The van der Waals surface area contributed by atoms with E-state index in [0.717, 1.165) is 50.0 Å². The molecule has 0 aliphatic carbocycles. The van der Waals surface area contributed by atoms with Crippen molar-refractivity contribution < 1.29 is 52.4 Å². The van der Waals surface area contributed by atoms with Crippen LogP contribution in [0.15, 0.2) is 24.3 Å². The van der Waals surface area contributed by atoms with Crippen LogP contribution >= 0.6 is 0 Å². The minimum atomic E-state index is -0.921. The molecule has 0 saturated heterocycles. The predicted octanol–water partition coefficient (Wildman–Crippen LogP) is 6.63. The van der Waals surface area contributed by atoms with Crippen molar-refractivity contribution in [3.63, 3.8) is 0 Å². The van der Waals surface area contributed by atoms with Crippen molar-refractivity contribution in [2.45, 2.75) is 79.4 Å². The second kappa shape index (κ2) is 13.3. The molecule has 0 spiro atoms. The molecule has 0 fully saturated rings. The first-order valence-electron chi connectivity index (χ1n) is 14.7. The van der Waals surface area contributed by atoms with Crippen molar-refractivity contribution in [3.8, 4) is 0 Å². The molecule has 2 atom stereocenters. The number of aliphatic hydroxyl groups is 2. The third-order valence-corrected chi connectivity index (χ3v) is 8.65. The number of hydrogen-bond donors (Lipinski definition) is 6. The molecule has 11 heteroatoms. The predicted molar refractivity (Wildman–Crippen MR) is 170 cm³/mol. The van der Waals surface area contributed by atoms with Crippen molar-refractivity contribution in [2.24, 2.45) is 0 Å². The molecule has 8 bridgehead atoms. The van der Waals surface area contributed by atoms with Crippen LogP contribution in [0.2, 0.25) is 0 Å². The number of aliphatic hydroxyl groups excluding tert-OH is 2. The Morgan fingerprint density at radius 3 is 1.42 bits per heavy atom. The van der Waals surface area contributed by atoms with Gasteiger partial charge in [-0.3, -0.25) is 9.59 Å². The SMILES string of the molecule is CC1=C(CCC(=O)O)c2cc3nc(cc4[nH]c(cc5[nH]c(cc1n2)c(C)c5C(C)O)c(C)c4C(C)O)C(C)=C3CCC(=O)O.[Ag]. The van der Waals surface area contributed by atoms with Crippen molar-refractivity contribution in [2.75, 3.05) is 0 Å². The third-order valence-electron chi connectivity index (χ3n) is 8.65. The van der Waals surface area contributed by atoms with Crippen LogP contribution in [-0.2, 0) is 32.0 Å². The molecule has 0 saturated carbocycles. The van der Waals surface area contributed by atoms with Crippen molar-refractivity contribution in [1.82, 2.24) is 19.9 Å². The normalized spacial score (nSPS) is 14.4. The Balaban J connectivity index is 0.00000461. The van der Waals surface area contributed by atoms with E-state index in [1.807, 2.05) is 52.0 Å². The van der Waals surface area contributed by atoms with Crippen LogP contribution in [0.1, 0.15) is 111 Å². The quantitative estimate of drug-likeness (QED) is 0.142. The summed E-state index contributed by atoms with van der Waals surface area (Å²) in [6.45, 7) is 11.1. The first-order chi connectivity index (χ1) is 20.8. The van der Waals surface area contributed by atoms with Crippen molar-refractivity contribution in [3.05, 3.63) is 69.3 Å². The van der Waals surface area contributed by atoms with Crippen LogP contribution in [0, 0.1) is 13.8 Å². The number of carboxylic acids is 2. The van der Waals surface area contributed by atoms with Crippen LogP contribution in [0.4, 0.5) is 0 Å². The number of aromatic nitrogens is 4. The van der Waals surface area contributed by atoms with E-state index in [-0.39, 0.29) is 48.1 Å². The van der Waals surface area contributed by atoms with Crippen molar-refractivity contribution >= 4 is 56.3 Å². The summed E-state index contributed by atoms with van der Waals surface area (Å²) in [5.41, 5.74) is 11.7. The molecule has 5 heterocycles. The van der Waals surface area contributed by atoms with Crippen LogP contribution in [0.25, 0.3) is 44.4 Å². The number of rotatable bonds is 8. The van der Waals surface area contributed by atoms with Crippen molar-refractivity contribution in [1.29, 1.82) is 0 Å². The monoisotopic (exact) mass is 705 g/mol. The van der Waals surface area contributed by atoms with Gasteiger partial charge in [0.1, 0.15) is 0 Å². The van der Waals surface area contributed by atoms with Crippen LogP contribution < -0.4 is 0 Å². The molecule has 45 heavy (non-hydrogen) atoms. The van der Waals surface area contributed by atoms with Gasteiger partial charge in [-0.15, -0.1) is 0 Å². The molecule has 2 aliphatic heterocycles. The van der Waals surface area contributed by atoms with Gasteiger partial charge in [0.15, 0.2) is 0 Å². The summed E-state index contributed by atoms with van der Waals surface area (Å²) < 4.78 is 0. The third kappa shape index (κ3) is 6.61. The Kier molecular flexibility index (Phi) is 10.1. The van der Waals surface area contributed by atoms with Gasteiger partial charge in [-0.2, -0.15) is 0 Å². The fourth-order valence-electron chi connectivity index (χ4n) is 6.32. The molecule has 2 unspecified atom stereocenters. The number of aliphatic carboxylic acids is 2. The van der Waals surface area contributed by atoms with Crippen LogP contribution in [-0.4, -0.2) is 52.3 Å². The Bertz CT molecular complexity index is 1930. The molecule has 5 rings (SSSR count). The zero-order valence-corrected chi connectivity index (χ0v) is 27.6. The van der Waals surface area contributed by atoms with Gasteiger partial charge in [0, 0.05) is 68.4 Å². The van der Waals surface area contributed by atoms with E-state index >= 15 is 0 Å². The minimum Gasteiger partial charge on any atom is -0.481 e. The van der Waals surface area contributed by atoms with E-state index < -0.39 is 24.1 Å². The van der Waals surface area contributed by atoms with Gasteiger partial charge in [-0.1, -0.05) is 0 Å². The summed E-state index contributed by atoms with van der Waals surface area (Å²) in [6, 6.07) is 7.51.